The fourth-order valence-electron chi connectivity index (χ4n) is 2.64. The molecule has 8 nitrogen and oxygen atoms in total. The van der Waals surface area contributed by atoms with Gasteiger partial charge < -0.3 is 4.42 Å². The highest BCUT2D eigenvalue weighted by Crippen LogP contribution is 2.18. The maximum absolute atomic E-state index is 12.3. The van der Waals surface area contributed by atoms with Crippen molar-refractivity contribution in [1.29, 1.82) is 0 Å². The number of hydrogen-bond acceptors (Lipinski definition) is 7. The molecule has 1 N–H and O–H groups in total. The van der Waals surface area contributed by atoms with Gasteiger partial charge in [-0.05, 0) is 50.6 Å². The number of nitrogens with one attached hydrogen (secondary N) is 1. The fourth-order valence-corrected chi connectivity index (χ4v) is 3.70. The van der Waals surface area contributed by atoms with Crippen LogP contribution >= 0.6 is 0 Å². The maximum Gasteiger partial charge on any atom is 0.322 e. The largest absolute Gasteiger partial charge is 0.407 e. The average molecular weight is 427 g/mol. The second-order valence-corrected chi connectivity index (χ2v) is 9.51. The minimum atomic E-state index is -3.33. The Morgan fingerprint density at radius 2 is 1.57 bits per heavy atom. The lowest BCUT2D eigenvalue weighted by Gasteiger charge is -2.08. The van der Waals surface area contributed by atoms with Crippen molar-refractivity contribution in [3.05, 3.63) is 71.1 Å². The Balaban J connectivity index is 1.65. The molecule has 30 heavy (non-hydrogen) atoms. The van der Waals surface area contributed by atoms with Gasteiger partial charge >= 0.3 is 6.01 Å². The summed E-state index contributed by atoms with van der Waals surface area (Å²) in [4.78, 5) is 23.8. The lowest BCUT2D eigenvalue weighted by Crippen LogP contribution is -2.13. The fraction of sp³-hybridized carbons (Fsp3) is 0.238. The number of carbonyl (C=O) groups excluding carboxylic acids is 2. The molecule has 0 radical (unpaired) electrons. The van der Waals surface area contributed by atoms with Crippen LogP contribution in [0.25, 0.3) is 0 Å². The van der Waals surface area contributed by atoms with Crippen molar-refractivity contribution in [2.45, 2.75) is 37.3 Å². The standard InChI is InChI=1S/C21H21N3O5S/c1-13(2)30(27,28)18-10-4-15(5-11-18)12-19-23-24-21(29-19)22-20(26)17-8-6-16(7-9-17)14(3)25/h4-11,13H,12H2,1-3H3,(H,22,24,26). The second kappa shape index (κ2) is 8.58. The molecule has 0 aliphatic rings. The molecule has 1 amide bonds. The van der Waals surface area contributed by atoms with Crippen molar-refractivity contribution in [1.82, 2.24) is 10.2 Å². The molecule has 0 bridgehead atoms. The highest BCUT2D eigenvalue weighted by molar-refractivity contribution is 7.92. The Bertz CT molecular complexity index is 1160. The molecule has 0 aliphatic carbocycles. The summed E-state index contributed by atoms with van der Waals surface area (Å²) in [6, 6.07) is 12.6. The van der Waals surface area contributed by atoms with E-state index in [0.29, 0.717) is 11.1 Å². The molecule has 1 heterocycles. The highest BCUT2D eigenvalue weighted by atomic mass is 32.2. The zero-order valence-corrected chi connectivity index (χ0v) is 17.6. The van der Waals surface area contributed by atoms with Crippen LogP contribution in [0.4, 0.5) is 6.01 Å². The first-order valence-corrected chi connectivity index (χ1v) is 10.8. The van der Waals surface area contributed by atoms with Crippen molar-refractivity contribution in [2.24, 2.45) is 0 Å². The van der Waals surface area contributed by atoms with Gasteiger partial charge in [-0.15, -0.1) is 5.10 Å². The summed E-state index contributed by atoms with van der Waals surface area (Å²) < 4.78 is 29.8. The first-order chi connectivity index (χ1) is 14.2. The van der Waals surface area contributed by atoms with Gasteiger partial charge in [0, 0.05) is 11.1 Å². The van der Waals surface area contributed by atoms with Gasteiger partial charge in [0.05, 0.1) is 16.6 Å². The summed E-state index contributed by atoms with van der Waals surface area (Å²) in [6.07, 6.45) is 0.290. The minimum Gasteiger partial charge on any atom is -0.407 e. The Morgan fingerprint density at radius 1 is 0.967 bits per heavy atom. The number of ketones is 1. The number of benzene rings is 2. The van der Waals surface area contributed by atoms with Crippen LogP contribution in [-0.4, -0.2) is 35.6 Å². The molecule has 0 unspecified atom stereocenters. The third kappa shape index (κ3) is 4.80. The van der Waals surface area contributed by atoms with Gasteiger partial charge in [-0.25, -0.2) is 8.42 Å². The number of anilines is 1. The smallest absolute Gasteiger partial charge is 0.322 e. The summed E-state index contributed by atoms with van der Waals surface area (Å²) in [5.41, 5.74) is 1.65. The van der Waals surface area contributed by atoms with Crippen LogP contribution in [0.3, 0.4) is 0 Å². The van der Waals surface area contributed by atoms with Gasteiger partial charge in [0.1, 0.15) is 0 Å². The molecular weight excluding hydrogens is 406 g/mol. The third-order valence-electron chi connectivity index (χ3n) is 4.47. The normalized spacial score (nSPS) is 11.5. The molecule has 2 aromatic carbocycles. The number of rotatable bonds is 7. The highest BCUT2D eigenvalue weighted by Gasteiger charge is 2.19. The van der Waals surface area contributed by atoms with E-state index in [1.165, 1.54) is 19.1 Å². The Morgan fingerprint density at radius 3 is 2.13 bits per heavy atom. The van der Waals surface area contributed by atoms with E-state index in [1.54, 1.807) is 50.2 Å². The van der Waals surface area contributed by atoms with E-state index in [2.05, 4.69) is 15.5 Å². The Hall–Kier alpha value is -3.33. The predicted molar refractivity (Wildman–Crippen MR) is 110 cm³/mol. The number of hydrogen-bond donors (Lipinski definition) is 1. The summed E-state index contributed by atoms with van der Waals surface area (Å²) in [6.45, 7) is 4.72. The molecule has 0 spiro atoms. The number of nitrogens with zero attached hydrogens (tertiary/aromatic N) is 2. The monoisotopic (exact) mass is 427 g/mol. The number of sulfone groups is 1. The van der Waals surface area contributed by atoms with Crippen molar-refractivity contribution < 1.29 is 22.4 Å². The van der Waals surface area contributed by atoms with Gasteiger partial charge in [-0.3, -0.25) is 14.9 Å². The molecule has 156 valence electrons. The molecule has 3 aromatic rings. The molecule has 0 saturated carbocycles. The Kier molecular flexibility index (Phi) is 6.12. The molecule has 0 fully saturated rings. The van der Waals surface area contributed by atoms with Crippen LogP contribution in [0.5, 0.6) is 0 Å². The van der Waals surface area contributed by atoms with E-state index in [1.807, 2.05) is 0 Å². The second-order valence-electron chi connectivity index (χ2n) is 7.00. The predicted octanol–water partition coefficient (Wildman–Crippen LogP) is 3.30. The number of aromatic nitrogens is 2. The minimum absolute atomic E-state index is 0.0512. The quantitative estimate of drug-likeness (QED) is 0.575. The van der Waals surface area contributed by atoms with E-state index in [4.69, 9.17) is 4.42 Å². The molecule has 1 aromatic heterocycles. The van der Waals surface area contributed by atoms with Crippen LogP contribution in [0, 0.1) is 0 Å². The van der Waals surface area contributed by atoms with Gasteiger partial charge in [-0.1, -0.05) is 29.4 Å². The maximum atomic E-state index is 12.3. The van der Waals surface area contributed by atoms with Gasteiger partial charge in [0.15, 0.2) is 15.6 Å². The molecule has 0 atom stereocenters. The zero-order chi connectivity index (χ0) is 21.9. The molecular formula is C21H21N3O5S. The van der Waals surface area contributed by atoms with Crippen molar-refractivity contribution in [3.8, 4) is 0 Å². The SMILES string of the molecule is CC(=O)c1ccc(C(=O)Nc2nnc(Cc3ccc(S(=O)(=O)C(C)C)cc3)o2)cc1. The number of carbonyl (C=O) groups is 2. The van der Waals surface area contributed by atoms with Crippen LogP contribution in [-0.2, 0) is 16.3 Å². The van der Waals surface area contributed by atoms with Crippen LogP contribution in [0.15, 0.2) is 57.8 Å². The molecule has 0 saturated heterocycles. The first-order valence-electron chi connectivity index (χ1n) is 9.24. The topological polar surface area (TPSA) is 119 Å². The third-order valence-corrected chi connectivity index (χ3v) is 6.64. The number of Topliss-reactive ketones (excluding diaryl/α,β-unsaturated/α-hetero) is 1. The first kappa shape index (κ1) is 21.4. The van der Waals surface area contributed by atoms with E-state index in [9.17, 15) is 18.0 Å². The molecule has 9 heteroatoms. The summed E-state index contributed by atoms with van der Waals surface area (Å²) in [5.74, 6) is -0.251. The molecule has 3 rings (SSSR count). The summed E-state index contributed by atoms with van der Waals surface area (Å²) in [5, 5.41) is 9.72. The van der Waals surface area contributed by atoms with E-state index >= 15 is 0 Å². The lowest BCUT2D eigenvalue weighted by molar-refractivity contribution is 0.100. The zero-order valence-electron chi connectivity index (χ0n) is 16.7. The van der Waals surface area contributed by atoms with E-state index in [0.717, 1.165) is 5.56 Å². The summed E-state index contributed by atoms with van der Waals surface area (Å²) >= 11 is 0. The van der Waals surface area contributed by atoms with Gasteiger partial charge in [0.25, 0.3) is 5.91 Å². The molecule has 0 aliphatic heterocycles. The Labute approximate surface area is 174 Å². The van der Waals surface area contributed by atoms with Crippen LogP contribution < -0.4 is 5.32 Å². The van der Waals surface area contributed by atoms with E-state index in [-0.39, 0.29) is 29.0 Å². The van der Waals surface area contributed by atoms with Crippen LogP contribution in [0.2, 0.25) is 0 Å². The van der Waals surface area contributed by atoms with Crippen molar-refractivity contribution >= 4 is 27.5 Å². The van der Waals surface area contributed by atoms with E-state index < -0.39 is 21.0 Å². The van der Waals surface area contributed by atoms with Crippen LogP contribution in [0.1, 0.15) is 52.9 Å². The van der Waals surface area contributed by atoms with Crippen molar-refractivity contribution in [3.63, 3.8) is 0 Å². The average Bonchev–Trinajstić information content (AvgIpc) is 3.15. The van der Waals surface area contributed by atoms with Gasteiger partial charge in [0.2, 0.25) is 5.89 Å². The lowest BCUT2D eigenvalue weighted by atomic mass is 10.1. The van der Waals surface area contributed by atoms with Crippen molar-refractivity contribution in [2.75, 3.05) is 5.32 Å². The summed E-state index contributed by atoms with van der Waals surface area (Å²) in [7, 11) is -3.33. The van der Waals surface area contributed by atoms with Gasteiger partial charge in [-0.2, -0.15) is 0 Å². The number of amides is 1.